The van der Waals surface area contributed by atoms with Crippen molar-refractivity contribution in [1.29, 1.82) is 0 Å². The topological polar surface area (TPSA) is 73.1 Å². The molecule has 0 saturated carbocycles. The Morgan fingerprint density at radius 1 is 1.32 bits per heavy atom. The van der Waals surface area contributed by atoms with Crippen LogP contribution in [0.4, 0.5) is 11.8 Å². The summed E-state index contributed by atoms with van der Waals surface area (Å²) in [5.41, 5.74) is 6.71. The Morgan fingerprint density at radius 3 is 2.63 bits per heavy atom. The number of hydrogen-bond donors (Lipinski definition) is 2. The highest BCUT2D eigenvalue weighted by molar-refractivity contribution is 9.10. The lowest BCUT2D eigenvalue weighted by Crippen LogP contribution is -2.10. The fourth-order valence-electron chi connectivity index (χ4n) is 1.66. The van der Waals surface area contributed by atoms with Gasteiger partial charge in [-0.15, -0.1) is 0 Å². The number of nitrogens with two attached hydrogens (primary N) is 1. The molecule has 2 aromatic rings. The molecule has 1 aromatic carbocycles. The van der Waals surface area contributed by atoms with Gasteiger partial charge in [0.2, 0.25) is 5.95 Å². The molecule has 0 aliphatic rings. The molecular weight excluding hydrogens is 308 g/mol. The van der Waals surface area contributed by atoms with Crippen LogP contribution in [-0.4, -0.2) is 17.1 Å². The predicted octanol–water partition coefficient (Wildman–Crippen LogP) is 3.00. The van der Waals surface area contributed by atoms with E-state index in [9.17, 15) is 0 Å². The van der Waals surface area contributed by atoms with Crippen LogP contribution in [0.25, 0.3) is 0 Å². The van der Waals surface area contributed by atoms with Gasteiger partial charge in [0.05, 0.1) is 11.6 Å². The van der Waals surface area contributed by atoms with Crippen LogP contribution < -0.4 is 15.8 Å². The fraction of sp³-hybridized carbons (Fsp3) is 0.231. The second-order valence-electron chi connectivity index (χ2n) is 4.06. The van der Waals surface area contributed by atoms with Gasteiger partial charge in [-0.05, 0) is 40.5 Å². The second-order valence-corrected chi connectivity index (χ2v) is 4.92. The highest BCUT2D eigenvalue weighted by Crippen LogP contribution is 2.25. The third kappa shape index (κ3) is 3.35. The van der Waals surface area contributed by atoms with E-state index in [1.54, 1.807) is 13.3 Å². The first-order valence-corrected chi connectivity index (χ1v) is 6.58. The molecule has 0 aliphatic carbocycles. The Labute approximate surface area is 120 Å². The maximum atomic E-state index is 5.58. The smallest absolute Gasteiger partial charge is 0.221 e. The number of nitrogens with zero attached hydrogens (tertiary/aromatic N) is 2. The predicted molar refractivity (Wildman–Crippen MR) is 79.2 cm³/mol. The Balaban J connectivity index is 2.15. The number of ether oxygens (including phenoxy) is 1. The molecule has 1 unspecified atom stereocenters. The van der Waals surface area contributed by atoms with E-state index in [1.165, 1.54) is 0 Å². The van der Waals surface area contributed by atoms with E-state index < -0.39 is 0 Å². The van der Waals surface area contributed by atoms with E-state index in [-0.39, 0.29) is 12.0 Å². The number of benzene rings is 1. The summed E-state index contributed by atoms with van der Waals surface area (Å²) in [7, 11) is 1.65. The number of halogens is 1. The average molecular weight is 323 g/mol. The first-order chi connectivity index (χ1) is 9.10. The van der Waals surface area contributed by atoms with Crippen LogP contribution in [0.2, 0.25) is 0 Å². The summed E-state index contributed by atoms with van der Waals surface area (Å²) in [4.78, 5) is 8.06. The van der Waals surface area contributed by atoms with Crippen molar-refractivity contribution in [3.05, 3.63) is 40.5 Å². The van der Waals surface area contributed by atoms with Crippen LogP contribution in [0.15, 0.2) is 34.9 Å². The molecule has 3 N–H and O–H groups in total. The summed E-state index contributed by atoms with van der Waals surface area (Å²) in [5, 5.41) is 3.29. The molecule has 1 atom stereocenters. The van der Waals surface area contributed by atoms with E-state index in [2.05, 4.69) is 31.2 Å². The lowest BCUT2D eigenvalue weighted by atomic mass is 10.1. The largest absolute Gasteiger partial charge is 0.497 e. The molecule has 0 bridgehead atoms. The van der Waals surface area contributed by atoms with Crippen LogP contribution in [0.3, 0.4) is 0 Å². The van der Waals surface area contributed by atoms with E-state index >= 15 is 0 Å². The molecule has 0 spiro atoms. The minimum Gasteiger partial charge on any atom is -0.497 e. The van der Waals surface area contributed by atoms with Gasteiger partial charge in [-0.2, -0.15) is 4.98 Å². The summed E-state index contributed by atoms with van der Waals surface area (Å²) in [6.45, 7) is 2.05. The van der Waals surface area contributed by atoms with Gasteiger partial charge in [-0.25, -0.2) is 4.98 Å². The maximum absolute atomic E-state index is 5.58. The summed E-state index contributed by atoms with van der Waals surface area (Å²) in [5.74, 6) is 1.76. The highest BCUT2D eigenvalue weighted by atomic mass is 79.9. The van der Waals surface area contributed by atoms with Gasteiger partial charge in [0.25, 0.3) is 0 Å². The second kappa shape index (κ2) is 5.88. The number of rotatable bonds is 4. The van der Waals surface area contributed by atoms with Crippen molar-refractivity contribution in [2.45, 2.75) is 13.0 Å². The number of anilines is 2. The molecule has 0 aliphatic heterocycles. The monoisotopic (exact) mass is 322 g/mol. The van der Waals surface area contributed by atoms with Crippen LogP contribution in [-0.2, 0) is 0 Å². The van der Waals surface area contributed by atoms with Gasteiger partial charge in [0.1, 0.15) is 11.6 Å². The standard InChI is InChI=1S/C13H15BrN4O/c1-8(9-3-5-10(19-2)6-4-9)17-12-11(14)7-16-13(15)18-12/h3-8H,1-2H3,(H3,15,16,17,18). The van der Waals surface area contributed by atoms with E-state index in [0.29, 0.717) is 5.82 Å². The molecule has 5 nitrogen and oxygen atoms in total. The summed E-state index contributed by atoms with van der Waals surface area (Å²) >= 11 is 3.39. The average Bonchev–Trinajstić information content (AvgIpc) is 2.43. The normalized spacial score (nSPS) is 11.9. The Kier molecular flexibility index (Phi) is 4.21. The number of methoxy groups -OCH3 is 1. The van der Waals surface area contributed by atoms with Gasteiger partial charge in [-0.3, -0.25) is 0 Å². The molecule has 0 fully saturated rings. The molecule has 0 radical (unpaired) electrons. The van der Waals surface area contributed by atoms with E-state index in [4.69, 9.17) is 10.5 Å². The number of aromatic nitrogens is 2. The third-order valence-electron chi connectivity index (χ3n) is 2.73. The quantitative estimate of drug-likeness (QED) is 0.905. The van der Waals surface area contributed by atoms with Crippen LogP contribution in [0.5, 0.6) is 5.75 Å². The van der Waals surface area contributed by atoms with E-state index in [1.807, 2.05) is 31.2 Å². The minimum atomic E-state index is 0.0940. The number of hydrogen-bond acceptors (Lipinski definition) is 5. The maximum Gasteiger partial charge on any atom is 0.221 e. The Morgan fingerprint density at radius 2 is 2.00 bits per heavy atom. The molecular formula is C13H15BrN4O. The first-order valence-electron chi connectivity index (χ1n) is 5.78. The first kappa shape index (κ1) is 13.6. The molecule has 1 heterocycles. The van der Waals surface area contributed by atoms with Crippen LogP contribution >= 0.6 is 15.9 Å². The van der Waals surface area contributed by atoms with Gasteiger partial charge >= 0.3 is 0 Å². The molecule has 19 heavy (non-hydrogen) atoms. The summed E-state index contributed by atoms with van der Waals surface area (Å²) < 4.78 is 5.92. The molecule has 100 valence electrons. The fourth-order valence-corrected chi connectivity index (χ4v) is 1.97. The van der Waals surface area contributed by atoms with Crippen molar-refractivity contribution in [3.8, 4) is 5.75 Å². The zero-order valence-corrected chi connectivity index (χ0v) is 12.3. The van der Waals surface area contributed by atoms with Crippen LogP contribution in [0, 0.1) is 0 Å². The third-order valence-corrected chi connectivity index (χ3v) is 3.31. The van der Waals surface area contributed by atoms with Gasteiger partial charge < -0.3 is 15.8 Å². The van der Waals surface area contributed by atoms with Crippen molar-refractivity contribution in [2.24, 2.45) is 0 Å². The Hall–Kier alpha value is -1.82. The van der Waals surface area contributed by atoms with Crippen molar-refractivity contribution in [2.75, 3.05) is 18.2 Å². The van der Waals surface area contributed by atoms with Crippen LogP contribution in [0.1, 0.15) is 18.5 Å². The SMILES string of the molecule is COc1ccc(C(C)Nc2nc(N)ncc2Br)cc1. The zero-order chi connectivity index (χ0) is 13.8. The number of nitrogen functional groups attached to an aromatic ring is 1. The lowest BCUT2D eigenvalue weighted by Gasteiger charge is -2.16. The minimum absolute atomic E-state index is 0.0940. The van der Waals surface area contributed by atoms with Gasteiger partial charge in [0, 0.05) is 12.2 Å². The summed E-state index contributed by atoms with van der Waals surface area (Å²) in [6.07, 6.45) is 1.63. The van der Waals surface area contributed by atoms with Crippen molar-refractivity contribution >= 4 is 27.7 Å². The van der Waals surface area contributed by atoms with Gasteiger partial charge in [0.15, 0.2) is 0 Å². The molecule has 6 heteroatoms. The zero-order valence-electron chi connectivity index (χ0n) is 10.7. The lowest BCUT2D eigenvalue weighted by molar-refractivity contribution is 0.414. The van der Waals surface area contributed by atoms with E-state index in [0.717, 1.165) is 15.8 Å². The molecule has 0 amide bonds. The molecule has 1 aromatic heterocycles. The molecule has 2 rings (SSSR count). The highest BCUT2D eigenvalue weighted by Gasteiger charge is 2.09. The van der Waals surface area contributed by atoms with Crippen molar-refractivity contribution < 1.29 is 4.74 Å². The number of nitrogens with one attached hydrogen (secondary N) is 1. The summed E-state index contributed by atoms with van der Waals surface area (Å²) in [6, 6.07) is 7.97. The molecule has 0 saturated heterocycles. The van der Waals surface area contributed by atoms with Crippen molar-refractivity contribution in [1.82, 2.24) is 9.97 Å². The van der Waals surface area contributed by atoms with Crippen molar-refractivity contribution in [3.63, 3.8) is 0 Å². The van der Waals surface area contributed by atoms with Gasteiger partial charge in [-0.1, -0.05) is 12.1 Å². The Bertz CT molecular complexity index is 559.